The van der Waals surface area contributed by atoms with Gasteiger partial charge in [-0.05, 0) is 55.6 Å². The van der Waals surface area contributed by atoms with Crippen molar-refractivity contribution in [2.45, 2.75) is 26.2 Å². The van der Waals surface area contributed by atoms with Crippen LogP contribution in [0.4, 0.5) is 0 Å². The molecule has 2 rings (SSSR count). The minimum absolute atomic E-state index is 0.237. The number of ether oxygens (including phenoxy) is 2. The molecule has 1 atom stereocenters. The summed E-state index contributed by atoms with van der Waals surface area (Å²) in [6.45, 7) is 5.41. The molecule has 3 heteroatoms. The molecule has 0 aliphatic rings. The molecule has 0 radical (unpaired) electrons. The van der Waals surface area contributed by atoms with Gasteiger partial charge in [0.2, 0.25) is 0 Å². The molecule has 0 aliphatic carbocycles. The van der Waals surface area contributed by atoms with Gasteiger partial charge in [0.05, 0.1) is 13.7 Å². The first-order chi connectivity index (χ1) is 10.7. The van der Waals surface area contributed by atoms with E-state index in [9.17, 15) is 0 Å². The maximum atomic E-state index is 5.95. The van der Waals surface area contributed by atoms with E-state index in [0.717, 1.165) is 23.5 Å². The second-order valence-corrected chi connectivity index (χ2v) is 5.51. The van der Waals surface area contributed by atoms with Crippen molar-refractivity contribution in [3.63, 3.8) is 0 Å². The van der Waals surface area contributed by atoms with Crippen LogP contribution in [0.15, 0.2) is 42.5 Å². The van der Waals surface area contributed by atoms with Gasteiger partial charge in [-0.25, -0.2) is 0 Å². The van der Waals surface area contributed by atoms with Gasteiger partial charge in [0.1, 0.15) is 11.5 Å². The van der Waals surface area contributed by atoms with Crippen LogP contribution in [0, 0.1) is 13.8 Å². The Morgan fingerprint density at radius 1 is 1.00 bits per heavy atom. The van der Waals surface area contributed by atoms with E-state index in [1.54, 1.807) is 7.11 Å². The van der Waals surface area contributed by atoms with Gasteiger partial charge in [-0.2, -0.15) is 0 Å². The highest BCUT2D eigenvalue weighted by molar-refractivity contribution is 5.38. The third-order valence-electron chi connectivity index (χ3n) is 4.14. The quantitative estimate of drug-likeness (QED) is 0.845. The summed E-state index contributed by atoms with van der Waals surface area (Å²) in [5.74, 6) is 2.08. The third-order valence-corrected chi connectivity index (χ3v) is 4.14. The van der Waals surface area contributed by atoms with Gasteiger partial charge in [-0.15, -0.1) is 0 Å². The highest BCUT2D eigenvalue weighted by Gasteiger charge is 2.14. The molecule has 1 unspecified atom stereocenters. The molecule has 3 nitrogen and oxygen atoms in total. The fraction of sp³-hybridized carbons (Fsp3) is 0.368. The Labute approximate surface area is 133 Å². The largest absolute Gasteiger partial charge is 0.496 e. The van der Waals surface area contributed by atoms with Gasteiger partial charge >= 0.3 is 0 Å². The Morgan fingerprint density at radius 3 is 2.45 bits per heavy atom. The van der Waals surface area contributed by atoms with Crippen LogP contribution in [-0.2, 0) is 0 Å². The molecule has 0 aromatic heterocycles. The minimum Gasteiger partial charge on any atom is -0.496 e. The molecule has 0 aliphatic heterocycles. The summed E-state index contributed by atoms with van der Waals surface area (Å²) in [6, 6.07) is 14.2. The third kappa shape index (κ3) is 3.80. The molecule has 0 heterocycles. The second-order valence-electron chi connectivity index (χ2n) is 5.51. The molecule has 2 aromatic rings. The second kappa shape index (κ2) is 7.85. The lowest BCUT2D eigenvalue weighted by Gasteiger charge is -2.19. The van der Waals surface area contributed by atoms with E-state index >= 15 is 0 Å². The van der Waals surface area contributed by atoms with Gasteiger partial charge in [0.15, 0.2) is 0 Å². The number of nitrogens with two attached hydrogens (primary N) is 1. The molecule has 0 amide bonds. The summed E-state index contributed by atoms with van der Waals surface area (Å²) >= 11 is 0. The SMILES string of the molecule is COc1ccccc1C(CN)CCOc1cccc(C)c1C. The zero-order valence-electron chi connectivity index (χ0n) is 13.6. The van der Waals surface area contributed by atoms with E-state index in [1.165, 1.54) is 11.1 Å². The van der Waals surface area contributed by atoms with E-state index in [-0.39, 0.29) is 5.92 Å². The van der Waals surface area contributed by atoms with Crippen LogP contribution >= 0.6 is 0 Å². The molecule has 118 valence electrons. The number of rotatable bonds is 7. The first-order valence-electron chi connectivity index (χ1n) is 7.69. The Kier molecular flexibility index (Phi) is 5.84. The van der Waals surface area contributed by atoms with Crippen molar-refractivity contribution in [1.82, 2.24) is 0 Å². The Morgan fingerprint density at radius 2 is 1.73 bits per heavy atom. The van der Waals surface area contributed by atoms with Crippen molar-refractivity contribution in [3.05, 3.63) is 59.2 Å². The highest BCUT2D eigenvalue weighted by atomic mass is 16.5. The molecule has 22 heavy (non-hydrogen) atoms. The molecule has 0 saturated heterocycles. The van der Waals surface area contributed by atoms with Crippen molar-refractivity contribution < 1.29 is 9.47 Å². The lowest BCUT2D eigenvalue weighted by Crippen LogP contribution is -2.16. The summed E-state index contributed by atoms with van der Waals surface area (Å²) < 4.78 is 11.4. The maximum Gasteiger partial charge on any atom is 0.122 e. The van der Waals surface area contributed by atoms with Crippen LogP contribution in [0.1, 0.15) is 29.0 Å². The summed E-state index contributed by atoms with van der Waals surface area (Å²) in [4.78, 5) is 0. The maximum absolute atomic E-state index is 5.95. The number of para-hydroxylation sites is 1. The van der Waals surface area contributed by atoms with Crippen molar-refractivity contribution in [2.24, 2.45) is 5.73 Å². The van der Waals surface area contributed by atoms with Crippen molar-refractivity contribution >= 4 is 0 Å². The molecular weight excluding hydrogens is 274 g/mol. The van der Waals surface area contributed by atoms with Crippen LogP contribution in [0.2, 0.25) is 0 Å². The summed E-state index contributed by atoms with van der Waals surface area (Å²) in [5, 5.41) is 0. The number of methoxy groups -OCH3 is 1. The fourth-order valence-corrected chi connectivity index (χ4v) is 2.60. The lowest BCUT2D eigenvalue weighted by atomic mass is 9.95. The molecule has 2 aromatic carbocycles. The van der Waals surface area contributed by atoms with E-state index in [2.05, 4.69) is 26.0 Å². The lowest BCUT2D eigenvalue weighted by molar-refractivity contribution is 0.294. The average molecular weight is 299 g/mol. The van der Waals surface area contributed by atoms with E-state index < -0.39 is 0 Å². The monoisotopic (exact) mass is 299 g/mol. The molecule has 0 saturated carbocycles. The van der Waals surface area contributed by atoms with Crippen molar-refractivity contribution in [1.29, 1.82) is 0 Å². The summed E-state index contributed by atoms with van der Waals surface area (Å²) in [5.41, 5.74) is 9.55. The van der Waals surface area contributed by atoms with Crippen LogP contribution in [0.3, 0.4) is 0 Å². The topological polar surface area (TPSA) is 44.5 Å². The highest BCUT2D eigenvalue weighted by Crippen LogP contribution is 2.28. The van der Waals surface area contributed by atoms with Crippen molar-refractivity contribution in [2.75, 3.05) is 20.3 Å². The summed E-state index contributed by atoms with van der Waals surface area (Å²) in [6.07, 6.45) is 0.865. The Hall–Kier alpha value is -2.00. The molecular formula is C19H25NO2. The van der Waals surface area contributed by atoms with Crippen LogP contribution in [-0.4, -0.2) is 20.3 Å². The first-order valence-corrected chi connectivity index (χ1v) is 7.69. The van der Waals surface area contributed by atoms with Gasteiger partial charge in [-0.3, -0.25) is 0 Å². The van der Waals surface area contributed by atoms with Gasteiger partial charge in [0, 0.05) is 5.92 Å². The molecule has 0 bridgehead atoms. The predicted molar refractivity (Wildman–Crippen MR) is 90.8 cm³/mol. The summed E-state index contributed by atoms with van der Waals surface area (Å²) in [7, 11) is 1.69. The Bertz CT molecular complexity index is 610. The Balaban J connectivity index is 2.01. The normalized spacial score (nSPS) is 12.0. The number of hydrogen-bond acceptors (Lipinski definition) is 3. The van der Waals surface area contributed by atoms with Gasteiger partial charge in [0.25, 0.3) is 0 Å². The average Bonchev–Trinajstić information content (AvgIpc) is 2.55. The minimum atomic E-state index is 0.237. The molecule has 2 N–H and O–H groups in total. The van der Waals surface area contributed by atoms with Crippen molar-refractivity contribution in [3.8, 4) is 11.5 Å². The zero-order chi connectivity index (χ0) is 15.9. The fourth-order valence-electron chi connectivity index (χ4n) is 2.60. The molecule has 0 fully saturated rings. The number of benzene rings is 2. The smallest absolute Gasteiger partial charge is 0.122 e. The van der Waals surface area contributed by atoms with Crippen LogP contribution < -0.4 is 15.2 Å². The van der Waals surface area contributed by atoms with Crippen LogP contribution in [0.25, 0.3) is 0 Å². The van der Waals surface area contributed by atoms with Crippen LogP contribution in [0.5, 0.6) is 11.5 Å². The predicted octanol–water partition coefficient (Wildman–Crippen LogP) is 3.82. The van der Waals surface area contributed by atoms with Gasteiger partial charge < -0.3 is 15.2 Å². The first kappa shape index (κ1) is 16.4. The van der Waals surface area contributed by atoms with E-state index in [1.807, 2.05) is 30.3 Å². The standard InChI is InChI=1S/C19H25NO2/c1-14-7-6-10-18(15(14)2)22-12-11-16(13-20)17-8-4-5-9-19(17)21-3/h4-10,16H,11-13,20H2,1-3H3. The van der Waals surface area contributed by atoms with E-state index in [4.69, 9.17) is 15.2 Å². The van der Waals surface area contributed by atoms with E-state index in [0.29, 0.717) is 13.2 Å². The van der Waals surface area contributed by atoms with Gasteiger partial charge in [-0.1, -0.05) is 30.3 Å². The zero-order valence-corrected chi connectivity index (χ0v) is 13.6. The number of hydrogen-bond donors (Lipinski definition) is 1. The number of aryl methyl sites for hydroxylation is 1. The molecule has 0 spiro atoms.